The van der Waals surface area contributed by atoms with E-state index in [1.54, 1.807) is 4.52 Å². The number of anilines is 1. The molecule has 0 unspecified atom stereocenters. The molecule has 1 saturated heterocycles. The van der Waals surface area contributed by atoms with Gasteiger partial charge in [0.1, 0.15) is 22.0 Å². The van der Waals surface area contributed by atoms with Gasteiger partial charge in [-0.25, -0.2) is 13.4 Å². The van der Waals surface area contributed by atoms with E-state index in [0.29, 0.717) is 12.8 Å². The van der Waals surface area contributed by atoms with Gasteiger partial charge in [0.05, 0.1) is 11.5 Å². The van der Waals surface area contributed by atoms with Crippen LogP contribution in [0.3, 0.4) is 0 Å². The van der Waals surface area contributed by atoms with Crippen LogP contribution in [0.25, 0.3) is 5.65 Å². The van der Waals surface area contributed by atoms with Crippen LogP contribution in [0.2, 0.25) is 0 Å². The fraction of sp³-hybridized carbons (Fsp3) is 0.500. The predicted molar refractivity (Wildman–Crippen MR) is 73.0 cm³/mol. The lowest BCUT2D eigenvalue weighted by molar-refractivity contribution is 0.558. The van der Waals surface area contributed by atoms with Gasteiger partial charge in [0, 0.05) is 6.04 Å². The van der Waals surface area contributed by atoms with E-state index in [4.69, 9.17) is 0 Å². The summed E-state index contributed by atoms with van der Waals surface area (Å²) in [6.07, 6.45) is 2.81. The van der Waals surface area contributed by atoms with Gasteiger partial charge in [0.15, 0.2) is 5.65 Å². The summed E-state index contributed by atoms with van der Waals surface area (Å²) in [4.78, 5) is 4.17. The largest absolute Gasteiger partial charge is 0.367 e. The first-order valence-electron chi connectivity index (χ1n) is 6.31. The van der Waals surface area contributed by atoms with Crippen LogP contribution in [-0.2, 0) is 9.84 Å². The zero-order valence-electron chi connectivity index (χ0n) is 10.7. The van der Waals surface area contributed by atoms with Crippen LogP contribution in [0.5, 0.6) is 0 Å². The molecule has 0 radical (unpaired) electrons. The minimum atomic E-state index is -2.82. The molecule has 3 rings (SSSR count). The molecule has 0 atom stereocenters. The first kappa shape index (κ1) is 12.4. The number of sulfone groups is 1. The summed E-state index contributed by atoms with van der Waals surface area (Å²) in [5, 5.41) is 7.56. The van der Waals surface area contributed by atoms with E-state index < -0.39 is 9.84 Å². The summed E-state index contributed by atoms with van der Waals surface area (Å²) in [6.45, 7) is 2.01. The van der Waals surface area contributed by atoms with Crippen molar-refractivity contribution in [3.8, 4) is 0 Å². The molecule has 1 fully saturated rings. The van der Waals surface area contributed by atoms with Crippen molar-refractivity contribution in [2.75, 3.05) is 16.8 Å². The molecule has 0 amide bonds. The topological polar surface area (TPSA) is 76.4 Å². The van der Waals surface area contributed by atoms with Crippen molar-refractivity contribution in [1.82, 2.24) is 14.6 Å². The highest BCUT2D eigenvalue weighted by atomic mass is 32.2. The fourth-order valence-electron chi connectivity index (χ4n) is 2.40. The monoisotopic (exact) mass is 280 g/mol. The molecule has 6 nitrogen and oxygen atoms in total. The van der Waals surface area contributed by atoms with Gasteiger partial charge in [0.2, 0.25) is 0 Å². The van der Waals surface area contributed by atoms with Gasteiger partial charge in [-0.1, -0.05) is 0 Å². The molecule has 3 heterocycles. The maximum Gasteiger partial charge on any atom is 0.157 e. The number of hydrogen-bond donors (Lipinski definition) is 1. The smallest absolute Gasteiger partial charge is 0.157 e. The lowest BCUT2D eigenvalue weighted by atomic mass is 10.1. The summed E-state index contributed by atoms with van der Waals surface area (Å²) in [6, 6.07) is 4.15. The van der Waals surface area contributed by atoms with E-state index in [9.17, 15) is 8.42 Å². The highest BCUT2D eigenvalue weighted by Crippen LogP contribution is 2.19. The quantitative estimate of drug-likeness (QED) is 0.889. The van der Waals surface area contributed by atoms with Crippen molar-refractivity contribution in [1.29, 1.82) is 0 Å². The van der Waals surface area contributed by atoms with Crippen molar-refractivity contribution < 1.29 is 8.42 Å². The average Bonchev–Trinajstić information content (AvgIpc) is 2.80. The van der Waals surface area contributed by atoms with Crippen LogP contribution < -0.4 is 5.32 Å². The van der Waals surface area contributed by atoms with Crippen molar-refractivity contribution >= 4 is 21.3 Å². The zero-order chi connectivity index (χ0) is 13.5. The van der Waals surface area contributed by atoms with Gasteiger partial charge >= 0.3 is 0 Å². The molecule has 1 aliphatic rings. The SMILES string of the molecule is Cc1cc(NC2CCS(=O)(=O)CC2)n2ncnc2c1. The van der Waals surface area contributed by atoms with E-state index in [1.165, 1.54) is 6.33 Å². The third kappa shape index (κ3) is 2.56. The van der Waals surface area contributed by atoms with Crippen molar-refractivity contribution in [2.24, 2.45) is 0 Å². The van der Waals surface area contributed by atoms with E-state index in [0.717, 1.165) is 17.0 Å². The van der Waals surface area contributed by atoms with Crippen molar-refractivity contribution in [3.63, 3.8) is 0 Å². The summed E-state index contributed by atoms with van der Waals surface area (Å²) >= 11 is 0. The Morgan fingerprint density at radius 2 is 2.05 bits per heavy atom. The lowest BCUT2D eigenvalue weighted by Gasteiger charge is -2.24. The van der Waals surface area contributed by atoms with Gasteiger partial charge < -0.3 is 5.32 Å². The fourth-order valence-corrected chi connectivity index (χ4v) is 3.89. The Labute approximate surface area is 111 Å². The summed E-state index contributed by atoms with van der Waals surface area (Å²) in [5.74, 6) is 1.39. The number of aryl methyl sites for hydroxylation is 1. The minimum absolute atomic E-state index is 0.178. The van der Waals surface area contributed by atoms with E-state index in [1.807, 2.05) is 19.1 Å². The number of fused-ring (bicyclic) bond motifs is 1. The Balaban J connectivity index is 1.84. The normalized spacial score (nSPS) is 19.6. The third-order valence-electron chi connectivity index (χ3n) is 3.43. The van der Waals surface area contributed by atoms with Gasteiger partial charge in [0.25, 0.3) is 0 Å². The molecule has 1 aliphatic heterocycles. The molecule has 0 spiro atoms. The Kier molecular flexibility index (Phi) is 2.93. The standard InChI is InChI=1S/C12H16N4O2S/c1-9-6-11-13-8-14-16(11)12(7-9)15-10-2-4-19(17,18)5-3-10/h6-8,10,15H,2-5H2,1H3. The van der Waals surface area contributed by atoms with Gasteiger partial charge in [-0.3, -0.25) is 0 Å². The molecule has 0 saturated carbocycles. The van der Waals surface area contributed by atoms with Crippen molar-refractivity contribution in [3.05, 3.63) is 24.0 Å². The van der Waals surface area contributed by atoms with E-state index >= 15 is 0 Å². The van der Waals surface area contributed by atoms with Gasteiger partial charge in [-0.2, -0.15) is 9.61 Å². The Morgan fingerprint density at radius 1 is 1.32 bits per heavy atom. The molecule has 7 heteroatoms. The Bertz CT molecular complexity index is 694. The molecule has 2 aromatic rings. The zero-order valence-corrected chi connectivity index (χ0v) is 11.5. The number of nitrogens with zero attached hydrogens (tertiary/aromatic N) is 3. The molecule has 1 N–H and O–H groups in total. The predicted octanol–water partition coefficient (Wildman–Crippen LogP) is 1.03. The second-order valence-electron chi connectivity index (χ2n) is 5.02. The highest BCUT2D eigenvalue weighted by molar-refractivity contribution is 7.91. The second-order valence-corrected chi connectivity index (χ2v) is 7.32. The molecule has 0 bridgehead atoms. The van der Waals surface area contributed by atoms with Crippen LogP contribution in [0, 0.1) is 6.92 Å². The number of aromatic nitrogens is 3. The van der Waals surface area contributed by atoms with E-state index in [2.05, 4.69) is 15.4 Å². The van der Waals surface area contributed by atoms with E-state index in [-0.39, 0.29) is 17.5 Å². The second kappa shape index (κ2) is 4.48. The highest BCUT2D eigenvalue weighted by Gasteiger charge is 2.24. The van der Waals surface area contributed by atoms with Crippen LogP contribution in [0.4, 0.5) is 5.82 Å². The number of pyridine rings is 1. The maximum absolute atomic E-state index is 11.4. The first-order valence-corrected chi connectivity index (χ1v) is 8.13. The maximum atomic E-state index is 11.4. The van der Waals surface area contributed by atoms with Crippen LogP contribution in [-0.4, -0.2) is 40.6 Å². The molecule has 102 valence electrons. The minimum Gasteiger partial charge on any atom is -0.367 e. The van der Waals surface area contributed by atoms with Gasteiger partial charge in [-0.15, -0.1) is 0 Å². The van der Waals surface area contributed by atoms with Crippen LogP contribution >= 0.6 is 0 Å². The van der Waals surface area contributed by atoms with Gasteiger partial charge in [-0.05, 0) is 37.5 Å². The van der Waals surface area contributed by atoms with Crippen LogP contribution in [0.15, 0.2) is 18.5 Å². The summed E-state index contributed by atoms with van der Waals surface area (Å²) in [7, 11) is -2.82. The molecule has 2 aromatic heterocycles. The number of hydrogen-bond acceptors (Lipinski definition) is 5. The number of nitrogens with one attached hydrogen (secondary N) is 1. The Morgan fingerprint density at radius 3 is 2.79 bits per heavy atom. The van der Waals surface area contributed by atoms with Crippen LogP contribution in [0.1, 0.15) is 18.4 Å². The third-order valence-corrected chi connectivity index (χ3v) is 5.15. The summed E-state index contributed by atoms with van der Waals surface area (Å²) in [5.41, 5.74) is 1.90. The summed E-state index contributed by atoms with van der Waals surface area (Å²) < 4.78 is 24.6. The molecular weight excluding hydrogens is 264 g/mol. The number of rotatable bonds is 2. The first-order chi connectivity index (χ1) is 9.03. The molecule has 0 aromatic carbocycles. The molecule has 19 heavy (non-hydrogen) atoms. The average molecular weight is 280 g/mol. The molecule has 0 aliphatic carbocycles. The Hall–Kier alpha value is -1.63. The molecular formula is C12H16N4O2S. The lowest BCUT2D eigenvalue weighted by Crippen LogP contribution is -2.32. The van der Waals surface area contributed by atoms with Crippen molar-refractivity contribution in [2.45, 2.75) is 25.8 Å².